The number of halogens is 1. The molecule has 5 heteroatoms. The van der Waals surface area contributed by atoms with Crippen molar-refractivity contribution in [3.05, 3.63) is 29.8 Å². The lowest BCUT2D eigenvalue weighted by Gasteiger charge is -2.26. The lowest BCUT2D eigenvalue weighted by atomic mass is 10.1. The molecule has 2 saturated heterocycles. The van der Waals surface area contributed by atoms with Crippen LogP contribution in [0.5, 0.6) is 0 Å². The molecule has 1 unspecified atom stereocenters. The van der Waals surface area contributed by atoms with Gasteiger partial charge in [0.1, 0.15) is 0 Å². The summed E-state index contributed by atoms with van der Waals surface area (Å²) >= 11 is 0. The second kappa shape index (κ2) is 7.29. The molecule has 3 heterocycles. The van der Waals surface area contributed by atoms with E-state index >= 15 is 0 Å². The number of likely N-dealkylation sites (tertiary alicyclic amines) is 1. The summed E-state index contributed by atoms with van der Waals surface area (Å²) in [6.07, 6.45) is 6.42. The summed E-state index contributed by atoms with van der Waals surface area (Å²) in [4.78, 5) is 6.20. The van der Waals surface area contributed by atoms with E-state index in [4.69, 9.17) is 9.47 Å². The molecular formula is C16H23FN2O2. The van der Waals surface area contributed by atoms with Crippen LogP contribution in [0.3, 0.4) is 0 Å². The molecule has 0 N–H and O–H groups in total. The largest absolute Gasteiger partial charge is 0.381 e. The first kappa shape index (κ1) is 14.9. The van der Waals surface area contributed by atoms with Crippen LogP contribution in [0.2, 0.25) is 0 Å². The Bertz CT molecular complexity index is 432. The van der Waals surface area contributed by atoms with Gasteiger partial charge in [-0.25, -0.2) is 4.98 Å². The highest BCUT2D eigenvalue weighted by atomic mass is 19.1. The van der Waals surface area contributed by atoms with Gasteiger partial charge in [-0.2, -0.15) is 4.39 Å². The third kappa shape index (κ3) is 4.22. The minimum Gasteiger partial charge on any atom is -0.381 e. The molecule has 0 spiro atoms. The SMILES string of the molecule is Fc1ccc(CO[C@@H]2CCN(C3CCCOCC3)C2)cn1. The van der Waals surface area contributed by atoms with Gasteiger partial charge in [-0.15, -0.1) is 0 Å². The minimum absolute atomic E-state index is 0.277. The van der Waals surface area contributed by atoms with Gasteiger partial charge in [0.2, 0.25) is 5.95 Å². The monoisotopic (exact) mass is 294 g/mol. The van der Waals surface area contributed by atoms with Gasteiger partial charge in [-0.1, -0.05) is 6.07 Å². The van der Waals surface area contributed by atoms with E-state index in [1.165, 1.54) is 12.5 Å². The Labute approximate surface area is 125 Å². The molecule has 2 aliphatic rings. The standard InChI is InChI=1S/C16H23FN2O2/c17-16-4-3-13(10-18-16)12-21-15-5-7-19(11-15)14-2-1-8-20-9-6-14/h3-4,10,14-15H,1-2,5-9,11-12H2/t14?,15-/m1/s1. The van der Waals surface area contributed by atoms with Crippen LogP contribution in [0.4, 0.5) is 4.39 Å². The third-order valence-corrected chi connectivity index (χ3v) is 4.39. The van der Waals surface area contributed by atoms with Crippen molar-refractivity contribution in [2.24, 2.45) is 0 Å². The van der Waals surface area contributed by atoms with Crippen molar-refractivity contribution < 1.29 is 13.9 Å². The quantitative estimate of drug-likeness (QED) is 0.799. The van der Waals surface area contributed by atoms with E-state index in [-0.39, 0.29) is 6.10 Å². The van der Waals surface area contributed by atoms with Crippen molar-refractivity contribution >= 4 is 0 Å². The Kier molecular flexibility index (Phi) is 5.17. The first-order valence-electron chi connectivity index (χ1n) is 7.85. The van der Waals surface area contributed by atoms with E-state index in [0.717, 1.165) is 51.1 Å². The molecule has 0 bridgehead atoms. The molecule has 2 aliphatic heterocycles. The molecule has 0 aromatic carbocycles. The zero-order valence-corrected chi connectivity index (χ0v) is 12.3. The van der Waals surface area contributed by atoms with Crippen LogP contribution in [-0.2, 0) is 16.1 Å². The summed E-state index contributed by atoms with van der Waals surface area (Å²) in [7, 11) is 0. The zero-order valence-electron chi connectivity index (χ0n) is 12.3. The molecule has 21 heavy (non-hydrogen) atoms. The van der Waals surface area contributed by atoms with Crippen LogP contribution in [-0.4, -0.2) is 48.3 Å². The van der Waals surface area contributed by atoms with Gasteiger partial charge in [-0.05, 0) is 37.3 Å². The Balaban J connectivity index is 1.44. The molecule has 0 amide bonds. The predicted octanol–water partition coefficient (Wildman–Crippen LogP) is 2.38. The second-order valence-corrected chi connectivity index (χ2v) is 5.90. The molecule has 0 saturated carbocycles. The van der Waals surface area contributed by atoms with Gasteiger partial charge in [0, 0.05) is 38.5 Å². The normalized spacial score (nSPS) is 27.7. The Morgan fingerprint density at radius 1 is 1.29 bits per heavy atom. The van der Waals surface area contributed by atoms with E-state index in [0.29, 0.717) is 12.6 Å². The molecule has 3 rings (SSSR count). The fourth-order valence-electron chi connectivity index (χ4n) is 3.18. The maximum absolute atomic E-state index is 12.7. The van der Waals surface area contributed by atoms with Crippen LogP contribution in [0.25, 0.3) is 0 Å². The minimum atomic E-state index is -0.443. The van der Waals surface area contributed by atoms with Crippen molar-refractivity contribution in [3.8, 4) is 0 Å². The molecule has 1 aromatic rings. The zero-order chi connectivity index (χ0) is 14.5. The highest BCUT2D eigenvalue weighted by molar-refractivity contribution is 5.07. The highest BCUT2D eigenvalue weighted by Crippen LogP contribution is 2.22. The average molecular weight is 294 g/mol. The van der Waals surface area contributed by atoms with Crippen LogP contribution in [0.15, 0.2) is 18.3 Å². The second-order valence-electron chi connectivity index (χ2n) is 5.90. The Hall–Kier alpha value is -1.04. The van der Waals surface area contributed by atoms with Crippen LogP contribution >= 0.6 is 0 Å². The number of ether oxygens (including phenoxy) is 2. The van der Waals surface area contributed by atoms with Crippen LogP contribution in [0.1, 0.15) is 31.2 Å². The molecule has 1 aromatic heterocycles. The lowest BCUT2D eigenvalue weighted by molar-refractivity contribution is 0.0417. The average Bonchev–Trinajstić information content (AvgIpc) is 2.80. The fraction of sp³-hybridized carbons (Fsp3) is 0.688. The molecule has 2 fully saturated rings. The van der Waals surface area contributed by atoms with Crippen LogP contribution < -0.4 is 0 Å². The molecular weight excluding hydrogens is 271 g/mol. The van der Waals surface area contributed by atoms with E-state index in [1.807, 2.05) is 0 Å². The summed E-state index contributed by atoms with van der Waals surface area (Å²) in [5, 5.41) is 0. The first-order valence-corrected chi connectivity index (χ1v) is 7.85. The number of rotatable bonds is 4. The van der Waals surface area contributed by atoms with Gasteiger partial charge in [0.05, 0.1) is 12.7 Å². The third-order valence-electron chi connectivity index (χ3n) is 4.39. The van der Waals surface area contributed by atoms with Gasteiger partial charge in [-0.3, -0.25) is 4.90 Å². The number of nitrogens with zero attached hydrogens (tertiary/aromatic N) is 2. The number of hydrogen-bond donors (Lipinski definition) is 0. The van der Waals surface area contributed by atoms with Crippen LogP contribution in [0, 0.1) is 5.95 Å². The van der Waals surface area contributed by atoms with Gasteiger partial charge in [0.25, 0.3) is 0 Å². The van der Waals surface area contributed by atoms with E-state index < -0.39 is 5.95 Å². The molecule has 2 atom stereocenters. The first-order chi connectivity index (χ1) is 10.3. The highest BCUT2D eigenvalue weighted by Gasteiger charge is 2.29. The van der Waals surface area contributed by atoms with E-state index in [9.17, 15) is 4.39 Å². The topological polar surface area (TPSA) is 34.6 Å². The van der Waals surface area contributed by atoms with Gasteiger partial charge in [0.15, 0.2) is 0 Å². The van der Waals surface area contributed by atoms with Crippen molar-refractivity contribution in [3.63, 3.8) is 0 Å². The summed E-state index contributed by atoms with van der Waals surface area (Å²) < 4.78 is 24.2. The number of hydrogen-bond acceptors (Lipinski definition) is 4. The maximum Gasteiger partial charge on any atom is 0.212 e. The van der Waals surface area contributed by atoms with E-state index in [2.05, 4.69) is 9.88 Å². The predicted molar refractivity (Wildman–Crippen MR) is 77.4 cm³/mol. The maximum atomic E-state index is 12.7. The van der Waals surface area contributed by atoms with E-state index in [1.54, 1.807) is 12.3 Å². The Morgan fingerprint density at radius 2 is 2.24 bits per heavy atom. The lowest BCUT2D eigenvalue weighted by Crippen LogP contribution is -2.34. The summed E-state index contributed by atoms with van der Waals surface area (Å²) in [5.74, 6) is -0.443. The molecule has 4 nitrogen and oxygen atoms in total. The Morgan fingerprint density at radius 3 is 3.10 bits per heavy atom. The number of pyridine rings is 1. The summed E-state index contributed by atoms with van der Waals surface area (Å²) in [6.45, 7) is 4.41. The molecule has 116 valence electrons. The smallest absolute Gasteiger partial charge is 0.212 e. The van der Waals surface area contributed by atoms with Crippen molar-refractivity contribution in [2.75, 3.05) is 26.3 Å². The summed E-state index contributed by atoms with van der Waals surface area (Å²) in [5.41, 5.74) is 0.928. The van der Waals surface area contributed by atoms with Crippen molar-refractivity contribution in [1.29, 1.82) is 0 Å². The summed E-state index contributed by atoms with van der Waals surface area (Å²) in [6, 6.07) is 3.76. The molecule has 0 radical (unpaired) electrons. The fourth-order valence-corrected chi connectivity index (χ4v) is 3.18. The number of aromatic nitrogens is 1. The van der Waals surface area contributed by atoms with Gasteiger partial charge >= 0.3 is 0 Å². The molecule has 0 aliphatic carbocycles. The van der Waals surface area contributed by atoms with Gasteiger partial charge < -0.3 is 9.47 Å². The van der Waals surface area contributed by atoms with Crippen molar-refractivity contribution in [1.82, 2.24) is 9.88 Å². The van der Waals surface area contributed by atoms with Crippen molar-refractivity contribution in [2.45, 2.75) is 44.4 Å².